The van der Waals surface area contributed by atoms with Crippen molar-refractivity contribution in [3.8, 4) is 12.3 Å². The molecule has 3 nitrogen and oxygen atoms in total. The van der Waals surface area contributed by atoms with Gasteiger partial charge >= 0.3 is 0 Å². The highest BCUT2D eigenvalue weighted by atomic mass is 16.2. The molecule has 1 atom stereocenters. The quantitative estimate of drug-likeness (QED) is 0.507. The van der Waals surface area contributed by atoms with Crippen molar-refractivity contribution in [2.45, 2.75) is 31.7 Å². The summed E-state index contributed by atoms with van der Waals surface area (Å²) in [7, 11) is 4.13. The summed E-state index contributed by atoms with van der Waals surface area (Å²) in [6.45, 7) is 1.78. The zero-order valence-corrected chi connectivity index (χ0v) is 9.70. The van der Waals surface area contributed by atoms with Crippen LogP contribution in [-0.4, -0.2) is 48.9 Å². The molecule has 1 fully saturated rings. The van der Waals surface area contributed by atoms with Crippen molar-refractivity contribution in [2.75, 3.05) is 27.2 Å². The van der Waals surface area contributed by atoms with Crippen LogP contribution >= 0.6 is 0 Å². The minimum absolute atomic E-state index is 0.259. The SMILES string of the molecule is C#CCCCC(=O)N1CC[C@@H](N(C)C)C1. The van der Waals surface area contributed by atoms with Crippen molar-refractivity contribution in [2.24, 2.45) is 0 Å². The van der Waals surface area contributed by atoms with Gasteiger partial charge < -0.3 is 9.80 Å². The third kappa shape index (κ3) is 3.56. The first-order chi connectivity index (χ1) is 7.15. The van der Waals surface area contributed by atoms with Crippen molar-refractivity contribution in [1.29, 1.82) is 0 Å². The van der Waals surface area contributed by atoms with Gasteiger partial charge in [0.1, 0.15) is 0 Å². The molecule has 0 N–H and O–H groups in total. The number of unbranched alkanes of at least 4 members (excludes halogenated alkanes) is 1. The molecule has 1 aliphatic heterocycles. The largest absolute Gasteiger partial charge is 0.341 e. The first-order valence-electron chi connectivity index (χ1n) is 5.53. The predicted molar refractivity (Wildman–Crippen MR) is 61.4 cm³/mol. The maximum Gasteiger partial charge on any atom is 0.222 e. The molecule has 0 radical (unpaired) electrons. The average molecular weight is 208 g/mol. The lowest BCUT2D eigenvalue weighted by Gasteiger charge is -2.20. The molecular formula is C12H20N2O. The van der Waals surface area contributed by atoms with Crippen LogP contribution < -0.4 is 0 Å². The summed E-state index contributed by atoms with van der Waals surface area (Å²) in [4.78, 5) is 15.9. The molecular weight excluding hydrogens is 188 g/mol. The number of likely N-dealkylation sites (tertiary alicyclic amines) is 1. The molecule has 0 aromatic heterocycles. The van der Waals surface area contributed by atoms with E-state index in [-0.39, 0.29) is 5.91 Å². The molecule has 1 aliphatic rings. The lowest BCUT2D eigenvalue weighted by molar-refractivity contribution is -0.130. The van der Waals surface area contributed by atoms with Crippen LogP contribution in [-0.2, 0) is 4.79 Å². The number of nitrogens with zero attached hydrogens (tertiary/aromatic N) is 2. The standard InChI is InChI=1S/C12H20N2O/c1-4-5-6-7-12(15)14-9-8-11(10-14)13(2)3/h1,11H,5-10H2,2-3H3/t11-/m1/s1. The molecule has 15 heavy (non-hydrogen) atoms. The Balaban J connectivity index is 2.28. The Bertz CT molecular complexity index is 255. The van der Waals surface area contributed by atoms with Gasteiger partial charge in [-0.1, -0.05) is 0 Å². The van der Waals surface area contributed by atoms with Gasteiger partial charge in [0.25, 0.3) is 0 Å². The van der Waals surface area contributed by atoms with Gasteiger partial charge in [-0.2, -0.15) is 0 Å². The maximum absolute atomic E-state index is 11.7. The fourth-order valence-corrected chi connectivity index (χ4v) is 1.89. The number of terminal acetylenes is 1. The number of hydrogen-bond donors (Lipinski definition) is 0. The second-order valence-corrected chi connectivity index (χ2v) is 4.30. The van der Waals surface area contributed by atoms with Crippen LogP contribution in [0.2, 0.25) is 0 Å². The Hall–Kier alpha value is -1.01. The first kappa shape index (κ1) is 12.1. The lowest BCUT2D eigenvalue weighted by atomic mass is 10.2. The molecule has 0 aliphatic carbocycles. The minimum Gasteiger partial charge on any atom is -0.341 e. The Morgan fingerprint density at radius 1 is 1.60 bits per heavy atom. The van der Waals surface area contributed by atoms with Gasteiger partial charge in [-0.25, -0.2) is 0 Å². The van der Waals surface area contributed by atoms with E-state index in [1.54, 1.807) is 0 Å². The zero-order chi connectivity index (χ0) is 11.3. The van der Waals surface area contributed by atoms with E-state index in [1.165, 1.54) is 0 Å². The van der Waals surface area contributed by atoms with E-state index < -0.39 is 0 Å². The van der Waals surface area contributed by atoms with E-state index in [0.29, 0.717) is 18.9 Å². The molecule has 1 saturated heterocycles. The second-order valence-electron chi connectivity index (χ2n) is 4.30. The molecule has 1 rings (SSSR count). The van der Waals surface area contributed by atoms with Crippen LogP contribution in [0, 0.1) is 12.3 Å². The van der Waals surface area contributed by atoms with E-state index in [1.807, 2.05) is 4.90 Å². The number of amides is 1. The van der Waals surface area contributed by atoms with Crippen LogP contribution in [0.15, 0.2) is 0 Å². The first-order valence-corrected chi connectivity index (χ1v) is 5.53. The van der Waals surface area contributed by atoms with Gasteiger partial charge in [0.2, 0.25) is 5.91 Å². The van der Waals surface area contributed by atoms with Gasteiger partial charge in [0.05, 0.1) is 0 Å². The number of carbonyl (C=O) groups excluding carboxylic acids is 1. The fraction of sp³-hybridized carbons (Fsp3) is 0.750. The maximum atomic E-state index is 11.7. The molecule has 1 amide bonds. The zero-order valence-electron chi connectivity index (χ0n) is 9.70. The number of rotatable bonds is 4. The third-order valence-electron chi connectivity index (χ3n) is 2.96. The number of hydrogen-bond acceptors (Lipinski definition) is 2. The lowest BCUT2D eigenvalue weighted by Crippen LogP contribution is -2.34. The van der Waals surface area contributed by atoms with Crippen molar-refractivity contribution in [3.63, 3.8) is 0 Å². The summed E-state index contributed by atoms with van der Waals surface area (Å²) >= 11 is 0. The van der Waals surface area contributed by atoms with Crippen LogP contribution in [0.4, 0.5) is 0 Å². The molecule has 1 heterocycles. The van der Waals surface area contributed by atoms with Crippen LogP contribution in [0.3, 0.4) is 0 Å². The minimum atomic E-state index is 0.259. The van der Waals surface area contributed by atoms with Crippen LogP contribution in [0.1, 0.15) is 25.7 Å². The van der Waals surface area contributed by atoms with Gasteiger partial charge in [-0.3, -0.25) is 4.79 Å². The van der Waals surface area contributed by atoms with E-state index in [9.17, 15) is 4.79 Å². The highest BCUT2D eigenvalue weighted by molar-refractivity contribution is 5.76. The molecule has 0 saturated carbocycles. The molecule has 84 valence electrons. The Morgan fingerprint density at radius 3 is 2.87 bits per heavy atom. The van der Waals surface area contributed by atoms with Crippen LogP contribution in [0.5, 0.6) is 0 Å². The van der Waals surface area contributed by atoms with E-state index in [0.717, 1.165) is 25.9 Å². The predicted octanol–water partition coefficient (Wildman–Crippen LogP) is 0.952. The number of carbonyl (C=O) groups is 1. The Morgan fingerprint density at radius 2 is 2.33 bits per heavy atom. The highest BCUT2D eigenvalue weighted by Gasteiger charge is 2.26. The van der Waals surface area contributed by atoms with Crippen LogP contribution in [0.25, 0.3) is 0 Å². The second kappa shape index (κ2) is 5.77. The molecule has 0 unspecified atom stereocenters. The monoisotopic (exact) mass is 208 g/mol. The van der Waals surface area contributed by atoms with Gasteiger partial charge in [0, 0.05) is 32.0 Å². The van der Waals surface area contributed by atoms with Crippen molar-refractivity contribution in [3.05, 3.63) is 0 Å². The van der Waals surface area contributed by atoms with E-state index in [2.05, 4.69) is 24.9 Å². The third-order valence-corrected chi connectivity index (χ3v) is 2.96. The topological polar surface area (TPSA) is 23.6 Å². The average Bonchev–Trinajstić information content (AvgIpc) is 2.66. The van der Waals surface area contributed by atoms with Gasteiger partial charge in [-0.05, 0) is 26.9 Å². The molecule has 3 heteroatoms. The summed E-state index contributed by atoms with van der Waals surface area (Å²) < 4.78 is 0. The van der Waals surface area contributed by atoms with Crippen molar-refractivity contribution < 1.29 is 4.79 Å². The highest BCUT2D eigenvalue weighted by Crippen LogP contribution is 2.14. The summed E-state index contributed by atoms with van der Waals surface area (Å²) in [5.74, 6) is 2.82. The molecule has 0 spiro atoms. The molecule has 0 bridgehead atoms. The summed E-state index contributed by atoms with van der Waals surface area (Å²) in [6, 6.07) is 0.529. The summed E-state index contributed by atoms with van der Waals surface area (Å²) in [6.07, 6.45) is 8.36. The van der Waals surface area contributed by atoms with Gasteiger partial charge in [-0.15, -0.1) is 12.3 Å². The van der Waals surface area contributed by atoms with E-state index >= 15 is 0 Å². The smallest absolute Gasteiger partial charge is 0.222 e. The van der Waals surface area contributed by atoms with Gasteiger partial charge in [0.15, 0.2) is 0 Å². The molecule has 0 aromatic carbocycles. The number of likely N-dealkylation sites (N-methyl/N-ethyl adjacent to an activating group) is 1. The summed E-state index contributed by atoms with van der Waals surface area (Å²) in [5.41, 5.74) is 0. The molecule has 0 aromatic rings. The van der Waals surface area contributed by atoms with Crippen molar-refractivity contribution >= 4 is 5.91 Å². The summed E-state index contributed by atoms with van der Waals surface area (Å²) in [5, 5.41) is 0. The fourth-order valence-electron chi connectivity index (χ4n) is 1.89. The normalized spacial score (nSPS) is 20.7. The van der Waals surface area contributed by atoms with Crippen molar-refractivity contribution in [1.82, 2.24) is 9.80 Å². The Labute approximate surface area is 92.4 Å². The van der Waals surface area contributed by atoms with E-state index in [4.69, 9.17) is 6.42 Å². The Kier molecular flexibility index (Phi) is 4.64.